The standard InChI is InChI=1S/C19H26N4OS/c1-13-7-6-9-15(11-13)18-21-22-19(23(18)3)25-12-17(24)20-16-10-5-4-8-14(16)2/h6-7,9,11,14,16H,4-5,8,10,12H2,1-3H3,(H,20,24)/t14-,16-/m0/s1. The lowest BCUT2D eigenvalue weighted by molar-refractivity contribution is -0.119. The molecule has 25 heavy (non-hydrogen) atoms. The summed E-state index contributed by atoms with van der Waals surface area (Å²) in [7, 11) is 1.95. The molecular weight excluding hydrogens is 332 g/mol. The number of thioether (sulfide) groups is 1. The Kier molecular flexibility index (Phi) is 5.78. The second-order valence-corrected chi connectivity index (χ2v) is 7.90. The van der Waals surface area contributed by atoms with Gasteiger partial charge in [-0.15, -0.1) is 10.2 Å². The van der Waals surface area contributed by atoms with Gasteiger partial charge in [0.2, 0.25) is 5.91 Å². The summed E-state index contributed by atoms with van der Waals surface area (Å²) in [6.45, 7) is 4.29. The van der Waals surface area contributed by atoms with Crippen molar-refractivity contribution in [3.8, 4) is 11.4 Å². The highest BCUT2D eigenvalue weighted by molar-refractivity contribution is 7.99. The molecule has 0 aliphatic heterocycles. The molecule has 0 unspecified atom stereocenters. The Morgan fingerprint density at radius 2 is 2.12 bits per heavy atom. The first-order chi connectivity index (χ1) is 12.0. The largest absolute Gasteiger partial charge is 0.352 e. The van der Waals surface area contributed by atoms with Crippen LogP contribution in [0.15, 0.2) is 29.4 Å². The summed E-state index contributed by atoms with van der Waals surface area (Å²) in [6.07, 6.45) is 4.80. The summed E-state index contributed by atoms with van der Waals surface area (Å²) in [5, 5.41) is 12.5. The summed E-state index contributed by atoms with van der Waals surface area (Å²) in [5.41, 5.74) is 2.23. The van der Waals surface area contributed by atoms with Crippen molar-refractivity contribution in [1.82, 2.24) is 20.1 Å². The van der Waals surface area contributed by atoms with Gasteiger partial charge in [0.1, 0.15) is 0 Å². The highest BCUT2D eigenvalue weighted by Crippen LogP contribution is 2.25. The van der Waals surface area contributed by atoms with E-state index < -0.39 is 0 Å². The second kappa shape index (κ2) is 8.04. The van der Waals surface area contributed by atoms with E-state index >= 15 is 0 Å². The number of carbonyl (C=O) groups is 1. The Hall–Kier alpha value is -1.82. The van der Waals surface area contributed by atoms with Gasteiger partial charge >= 0.3 is 0 Å². The zero-order chi connectivity index (χ0) is 17.8. The molecule has 0 spiro atoms. The molecule has 1 heterocycles. The predicted octanol–water partition coefficient (Wildman–Crippen LogP) is 3.58. The van der Waals surface area contributed by atoms with Crippen LogP contribution in [0.5, 0.6) is 0 Å². The first-order valence-electron chi connectivity index (χ1n) is 8.93. The number of aromatic nitrogens is 3. The van der Waals surface area contributed by atoms with Crippen molar-refractivity contribution in [2.45, 2.75) is 50.7 Å². The van der Waals surface area contributed by atoms with E-state index in [4.69, 9.17) is 0 Å². The Labute approximate surface area is 153 Å². The minimum atomic E-state index is 0.0869. The van der Waals surface area contributed by atoms with Crippen molar-refractivity contribution < 1.29 is 4.79 Å². The highest BCUT2D eigenvalue weighted by Gasteiger charge is 2.23. The van der Waals surface area contributed by atoms with Crippen LogP contribution < -0.4 is 5.32 Å². The van der Waals surface area contributed by atoms with Crippen LogP contribution in [0, 0.1) is 12.8 Å². The zero-order valence-corrected chi connectivity index (χ0v) is 16.0. The van der Waals surface area contributed by atoms with Gasteiger partial charge < -0.3 is 9.88 Å². The van der Waals surface area contributed by atoms with Gasteiger partial charge in [-0.2, -0.15) is 0 Å². The fraction of sp³-hybridized carbons (Fsp3) is 0.526. The fourth-order valence-corrected chi connectivity index (χ4v) is 4.11. The number of carbonyl (C=O) groups excluding carboxylic acids is 1. The summed E-state index contributed by atoms with van der Waals surface area (Å²) in [4.78, 5) is 12.3. The lowest BCUT2D eigenvalue weighted by Gasteiger charge is -2.29. The van der Waals surface area contributed by atoms with Crippen LogP contribution in [0.1, 0.15) is 38.2 Å². The third kappa shape index (κ3) is 4.42. The van der Waals surface area contributed by atoms with E-state index in [1.54, 1.807) is 0 Å². The second-order valence-electron chi connectivity index (χ2n) is 6.96. The molecule has 0 saturated heterocycles. The van der Waals surface area contributed by atoms with Crippen LogP contribution >= 0.6 is 11.8 Å². The number of hydrogen-bond donors (Lipinski definition) is 1. The van der Waals surface area contributed by atoms with Gasteiger partial charge in [0.25, 0.3) is 0 Å². The molecule has 1 N–H and O–H groups in total. The maximum Gasteiger partial charge on any atom is 0.230 e. The number of hydrogen-bond acceptors (Lipinski definition) is 4. The van der Waals surface area contributed by atoms with Crippen LogP contribution in [-0.4, -0.2) is 32.5 Å². The average molecular weight is 359 g/mol. The third-order valence-corrected chi connectivity index (χ3v) is 5.92. The van der Waals surface area contributed by atoms with Gasteiger partial charge in [0, 0.05) is 18.7 Å². The normalized spacial score (nSPS) is 20.4. The van der Waals surface area contributed by atoms with Gasteiger partial charge in [-0.1, -0.05) is 55.3 Å². The Morgan fingerprint density at radius 3 is 2.88 bits per heavy atom. The van der Waals surface area contributed by atoms with Crippen molar-refractivity contribution >= 4 is 17.7 Å². The van der Waals surface area contributed by atoms with Gasteiger partial charge in [-0.3, -0.25) is 4.79 Å². The third-order valence-electron chi connectivity index (χ3n) is 4.90. The minimum Gasteiger partial charge on any atom is -0.352 e. The maximum atomic E-state index is 12.3. The molecule has 1 aliphatic rings. The number of amides is 1. The van der Waals surface area contributed by atoms with Crippen molar-refractivity contribution in [3.05, 3.63) is 29.8 Å². The lowest BCUT2D eigenvalue weighted by atomic mass is 9.86. The quantitative estimate of drug-likeness (QED) is 0.830. The molecule has 134 valence electrons. The Morgan fingerprint density at radius 1 is 1.32 bits per heavy atom. The van der Waals surface area contributed by atoms with Crippen molar-refractivity contribution in [2.24, 2.45) is 13.0 Å². The predicted molar refractivity (Wildman–Crippen MR) is 101 cm³/mol. The molecule has 1 aromatic heterocycles. The molecule has 1 aromatic carbocycles. The average Bonchev–Trinajstić information content (AvgIpc) is 2.96. The van der Waals surface area contributed by atoms with Crippen molar-refractivity contribution in [2.75, 3.05) is 5.75 Å². The topological polar surface area (TPSA) is 59.8 Å². The van der Waals surface area contributed by atoms with Crippen LogP contribution in [-0.2, 0) is 11.8 Å². The highest BCUT2D eigenvalue weighted by atomic mass is 32.2. The summed E-state index contributed by atoms with van der Waals surface area (Å²) in [5.74, 6) is 1.87. The molecule has 2 aromatic rings. The van der Waals surface area contributed by atoms with Gasteiger partial charge in [0.15, 0.2) is 11.0 Å². The number of nitrogens with one attached hydrogen (secondary N) is 1. The van der Waals surface area contributed by atoms with E-state index in [9.17, 15) is 4.79 Å². The van der Waals surface area contributed by atoms with E-state index in [0.717, 1.165) is 23.0 Å². The molecule has 2 atom stereocenters. The maximum absolute atomic E-state index is 12.3. The molecule has 1 amide bonds. The van der Waals surface area contributed by atoms with E-state index in [0.29, 0.717) is 17.7 Å². The Balaban J connectivity index is 1.59. The fourth-order valence-electron chi connectivity index (χ4n) is 3.39. The van der Waals surface area contributed by atoms with Gasteiger partial charge in [0.05, 0.1) is 5.75 Å². The van der Waals surface area contributed by atoms with E-state index in [1.807, 2.05) is 23.7 Å². The SMILES string of the molecule is Cc1cccc(-c2nnc(SCC(=O)N[C@H]3CCCC[C@@H]3C)n2C)c1. The molecule has 0 bridgehead atoms. The Bertz CT molecular complexity index is 743. The lowest BCUT2D eigenvalue weighted by Crippen LogP contribution is -2.41. The molecule has 6 heteroatoms. The van der Waals surface area contributed by atoms with Crippen LogP contribution in [0.25, 0.3) is 11.4 Å². The smallest absolute Gasteiger partial charge is 0.230 e. The minimum absolute atomic E-state index is 0.0869. The van der Waals surface area contributed by atoms with E-state index in [-0.39, 0.29) is 5.91 Å². The van der Waals surface area contributed by atoms with Crippen LogP contribution in [0.3, 0.4) is 0 Å². The van der Waals surface area contributed by atoms with Crippen LogP contribution in [0.2, 0.25) is 0 Å². The first-order valence-corrected chi connectivity index (χ1v) is 9.91. The summed E-state index contributed by atoms with van der Waals surface area (Å²) in [6, 6.07) is 8.53. The molecule has 1 fully saturated rings. The molecule has 1 saturated carbocycles. The first kappa shape index (κ1) is 18.0. The van der Waals surface area contributed by atoms with Gasteiger partial charge in [-0.05, 0) is 31.7 Å². The molecular formula is C19H26N4OS. The summed E-state index contributed by atoms with van der Waals surface area (Å²) >= 11 is 1.44. The van der Waals surface area contributed by atoms with Crippen molar-refractivity contribution in [1.29, 1.82) is 0 Å². The number of aryl methyl sites for hydroxylation is 1. The molecule has 0 radical (unpaired) electrons. The van der Waals surface area contributed by atoms with Crippen LogP contribution in [0.4, 0.5) is 0 Å². The molecule has 1 aliphatic carbocycles. The van der Waals surface area contributed by atoms with E-state index in [2.05, 4.69) is 41.5 Å². The monoisotopic (exact) mass is 358 g/mol. The van der Waals surface area contributed by atoms with Crippen molar-refractivity contribution in [3.63, 3.8) is 0 Å². The number of nitrogens with zero attached hydrogens (tertiary/aromatic N) is 3. The zero-order valence-electron chi connectivity index (χ0n) is 15.2. The van der Waals surface area contributed by atoms with Gasteiger partial charge in [-0.25, -0.2) is 0 Å². The molecule has 3 rings (SSSR count). The van der Waals surface area contributed by atoms with E-state index in [1.165, 1.54) is 36.6 Å². The summed E-state index contributed by atoms with van der Waals surface area (Å²) < 4.78 is 1.95. The number of rotatable bonds is 5. The molecule has 5 nitrogen and oxygen atoms in total. The number of benzene rings is 1.